The Hall–Kier alpha value is -2.65. The summed E-state index contributed by atoms with van der Waals surface area (Å²) < 4.78 is 26.9. The molecule has 0 spiro atoms. The van der Waals surface area contributed by atoms with Gasteiger partial charge >= 0.3 is 0 Å². The summed E-state index contributed by atoms with van der Waals surface area (Å²) in [5.41, 5.74) is 1.70. The molecule has 0 aliphatic rings. The maximum absolute atomic E-state index is 12.3. The summed E-state index contributed by atoms with van der Waals surface area (Å²) >= 11 is 0. The van der Waals surface area contributed by atoms with Gasteiger partial charge in [-0.1, -0.05) is 12.1 Å². The lowest BCUT2D eigenvalue weighted by molar-refractivity contribution is 0.112. The van der Waals surface area contributed by atoms with E-state index in [1.54, 1.807) is 25.1 Å². The molecular weight excluding hydrogens is 288 g/mol. The second-order valence-electron chi connectivity index (χ2n) is 4.44. The second-order valence-corrected chi connectivity index (χ2v) is 6.12. The van der Waals surface area contributed by atoms with E-state index in [9.17, 15) is 13.2 Å². The van der Waals surface area contributed by atoms with E-state index in [4.69, 9.17) is 5.26 Å². The highest BCUT2D eigenvalue weighted by Crippen LogP contribution is 2.19. The van der Waals surface area contributed by atoms with Crippen molar-refractivity contribution in [2.75, 3.05) is 4.72 Å². The van der Waals surface area contributed by atoms with Gasteiger partial charge in [-0.15, -0.1) is 0 Å². The van der Waals surface area contributed by atoms with E-state index >= 15 is 0 Å². The topological polar surface area (TPSA) is 87.0 Å². The van der Waals surface area contributed by atoms with E-state index in [-0.39, 0.29) is 4.90 Å². The van der Waals surface area contributed by atoms with Crippen molar-refractivity contribution in [3.8, 4) is 6.07 Å². The third-order valence-corrected chi connectivity index (χ3v) is 4.28. The number of hydrogen-bond donors (Lipinski definition) is 1. The molecule has 0 aliphatic heterocycles. The standard InChI is InChI=1S/C15H12N2O3S/c1-11-7-15(6-5-13(11)9-16)21(19,20)17-14-4-2-3-12(8-14)10-18/h2-8,10,17H,1H3. The highest BCUT2D eigenvalue weighted by Gasteiger charge is 2.15. The van der Waals surface area contributed by atoms with Gasteiger partial charge in [0.05, 0.1) is 16.5 Å². The molecular formula is C15H12N2O3S. The fourth-order valence-corrected chi connectivity index (χ4v) is 2.95. The summed E-state index contributed by atoms with van der Waals surface area (Å²) in [6, 6.07) is 12.4. The number of hydrogen-bond acceptors (Lipinski definition) is 4. The molecule has 0 atom stereocenters. The van der Waals surface area contributed by atoms with E-state index in [0.717, 1.165) is 0 Å². The number of nitrogens with one attached hydrogen (secondary N) is 1. The van der Waals surface area contributed by atoms with Crippen molar-refractivity contribution < 1.29 is 13.2 Å². The summed E-state index contributed by atoms with van der Waals surface area (Å²) in [7, 11) is -3.76. The highest BCUT2D eigenvalue weighted by atomic mass is 32.2. The van der Waals surface area contributed by atoms with Crippen LogP contribution >= 0.6 is 0 Å². The first kappa shape index (κ1) is 14.8. The third-order valence-electron chi connectivity index (χ3n) is 2.90. The fourth-order valence-electron chi connectivity index (χ4n) is 1.82. The normalized spacial score (nSPS) is 10.7. The minimum atomic E-state index is -3.76. The van der Waals surface area contributed by atoms with Gasteiger partial charge in [0.1, 0.15) is 6.29 Å². The van der Waals surface area contributed by atoms with Crippen LogP contribution in [0, 0.1) is 18.3 Å². The van der Waals surface area contributed by atoms with Crippen LogP contribution in [0.3, 0.4) is 0 Å². The molecule has 2 aromatic rings. The number of anilines is 1. The average Bonchev–Trinajstić information content (AvgIpc) is 2.47. The predicted octanol–water partition coefficient (Wildman–Crippen LogP) is 2.48. The molecule has 0 aliphatic carbocycles. The van der Waals surface area contributed by atoms with Crippen LogP contribution in [0.2, 0.25) is 0 Å². The Labute approximate surface area is 122 Å². The number of benzene rings is 2. The zero-order chi connectivity index (χ0) is 15.5. The van der Waals surface area contributed by atoms with Gasteiger partial charge in [-0.2, -0.15) is 5.26 Å². The number of nitrogens with zero attached hydrogens (tertiary/aromatic N) is 1. The summed E-state index contributed by atoms with van der Waals surface area (Å²) in [5.74, 6) is 0. The minimum absolute atomic E-state index is 0.0653. The highest BCUT2D eigenvalue weighted by molar-refractivity contribution is 7.92. The van der Waals surface area contributed by atoms with E-state index in [0.29, 0.717) is 28.7 Å². The Kier molecular flexibility index (Phi) is 4.05. The van der Waals surface area contributed by atoms with Crippen molar-refractivity contribution in [2.45, 2.75) is 11.8 Å². The summed E-state index contributed by atoms with van der Waals surface area (Å²) in [6.07, 6.45) is 0.643. The van der Waals surface area contributed by atoms with Crippen LogP contribution in [0.25, 0.3) is 0 Å². The molecule has 0 unspecified atom stereocenters. The molecule has 0 heterocycles. The van der Waals surface area contributed by atoms with Crippen LogP contribution in [0.4, 0.5) is 5.69 Å². The molecule has 6 heteroatoms. The number of carbonyl (C=O) groups excluding carboxylic acids is 1. The van der Waals surface area contributed by atoms with Gasteiger partial charge in [-0.05, 0) is 42.8 Å². The molecule has 0 saturated carbocycles. The second kappa shape index (κ2) is 5.77. The molecule has 106 valence electrons. The van der Waals surface area contributed by atoms with Gasteiger partial charge in [-0.3, -0.25) is 9.52 Å². The molecule has 0 bridgehead atoms. The first-order chi connectivity index (χ1) is 9.96. The Balaban J connectivity index is 2.36. The number of aryl methyl sites for hydroxylation is 1. The maximum atomic E-state index is 12.3. The smallest absolute Gasteiger partial charge is 0.261 e. The summed E-state index contributed by atoms with van der Waals surface area (Å²) in [4.78, 5) is 10.8. The predicted molar refractivity (Wildman–Crippen MR) is 78.5 cm³/mol. The van der Waals surface area contributed by atoms with Crippen LogP contribution in [-0.2, 0) is 10.0 Å². The molecule has 2 rings (SSSR count). The number of rotatable bonds is 4. The van der Waals surface area contributed by atoms with Crippen LogP contribution < -0.4 is 4.72 Å². The van der Waals surface area contributed by atoms with Crippen molar-refractivity contribution >= 4 is 22.0 Å². The van der Waals surface area contributed by atoms with Crippen molar-refractivity contribution in [1.29, 1.82) is 5.26 Å². The van der Waals surface area contributed by atoms with Crippen LogP contribution in [0.5, 0.6) is 0 Å². The van der Waals surface area contributed by atoms with Gasteiger partial charge in [0.25, 0.3) is 10.0 Å². The Morgan fingerprint density at radius 1 is 1.19 bits per heavy atom. The molecule has 0 radical (unpaired) electrons. The average molecular weight is 300 g/mol. The van der Waals surface area contributed by atoms with Crippen molar-refractivity contribution in [3.05, 3.63) is 59.2 Å². The zero-order valence-corrected chi connectivity index (χ0v) is 12.0. The molecule has 2 aromatic carbocycles. The maximum Gasteiger partial charge on any atom is 0.261 e. The van der Waals surface area contributed by atoms with E-state index < -0.39 is 10.0 Å². The first-order valence-electron chi connectivity index (χ1n) is 6.05. The lowest BCUT2D eigenvalue weighted by Gasteiger charge is -2.09. The molecule has 21 heavy (non-hydrogen) atoms. The number of nitriles is 1. The fraction of sp³-hybridized carbons (Fsp3) is 0.0667. The van der Waals surface area contributed by atoms with Gasteiger partial charge in [0.2, 0.25) is 0 Å². The molecule has 0 saturated heterocycles. The van der Waals surface area contributed by atoms with Crippen molar-refractivity contribution in [1.82, 2.24) is 0 Å². The molecule has 0 fully saturated rings. The largest absolute Gasteiger partial charge is 0.298 e. The van der Waals surface area contributed by atoms with Gasteiger partial charge < -0.3 is 0 Å². The van der Waals surface area contributed by atoms with E-state index in [2.05, 4.69) is 4.72 Å². The van der Waals surface area contributed by atoms with Crippen LogP contribution in [-0.4, -0.2) is 14.7 Å². The Bertz CT molecular complexity index is 836. The molecule has 0 amide bonds. The van der Waals surface area contributed by atoms with Crippen molar-refractivity contribution in [3.63, 3.8) is 0 Å². The van der Waals surface area contributed by atoms with Gasteiger partial charge in [0, 0.05) is 11.3 Å². The third kappa shape index (κ3) is 3.27. The minimum Gasteiger partial charge on any atom is -0.298 e. The van der Waals surface area contributed by atoms with Crippen molar-refractivity contribution in [2.24, 2.45) is 0 Å². The van der Waals surface area contributed by atoms with Gasteiger partial charge in [-0.25, -0.2) is 8.42 Å². The summed E-state index contributed by atoms with van der Waals surface area (Å²) in [6.45, 7) is 1.67. The zero-order valence-electron chi connectivity index (χ0n) is 11.2. The van der Waals surface area contributed by atoms with Crippen LogP contribution in [0.15, 0.2) is 47.4 Å². The SMILES string of the molecule is Cc1cc(S(=O)(=O)Nc2cccc(C=O)c2)ccc1C#N. The molecule has 5 nitrogen and oxygen atoms in total. The number of carbonyl (C=O) groups is 1. The number of aldehydes is 1. The van der Waals surface area contributed by atoms with Gasteiger partial charge in [0.15, 0.2) is 0 Å². The Morgan fingerprint density at radius 2 is 1.95 bits per heavy atom. The monoisotopic (exact) mass is 300 g/mol. The first-order valence-corrected chi connectivity index (χ1v) is 7.53. The lowest BCUT2D eigenvalue weighted by Crippen LogP contribution is -2.13. The van der Waals surface area contributed by atoms with Crippen LogP contribution in [0.1, 0.15) is 21.5 Å². The number of sulfonamides is 1. The van der Waals surface area contributed by atoms with E-state index in [1.165, 1.54) is 24.3 Å². The van der Waals surface area contributed by atoms with E-state index in [1.807, 2.05) is 6.07 Å². The Morgan fingerprint density at radius 3 is 2.57 bits per heavy atom. The lowest BCUT2D eigenvalue weighted by atomic mass is 10.1. The molecule has 0 aromatic heterocycles. The molecule has 1 N–H and O–H groups in total. The quantitative estimate of drug-likeness (QED) is 0.879. The summed E-state index contributed by atoms with van der Waals surface area (Å²) in [5, 5.41) is 8.86.